The molecule has 3 amide bonds. The zero-order valence-electron chi connectivity index (χ0n) is 20.8. The highest BCUT2D eigenvalue weighted by molar-refractivity contribution is 5.98. The molecule has 2 aromatic rings. The van der Waals surface area contributed by atoms with Crippen LogP contribution in [0.5, 0.6) is 17.2 Å². The van der Waals surface area contributed by atoms with E-state index in [0.717, 1.165) is 0 Å². The molecule has 0 aromatic heterocycles. The molecule has 10 heteroatoms. The van der Waals surface area contributed by atoms with Gasteiger partial charge in [-0.15, -0.1) is 0 Å². The maximum Gasteiger partial charge on any atom is 0.253 e. The summed E-state index contributed by atoms with van der Waals surface area (Å²) < 4.78 is 21.3. The molecule has 3 aliphatic heterocycles. The average Bonchev–Trinajstić information content (AvgIpc) is 3.44. The molecule has 10 nitrogen and oxygen atoms in total. The number of ether oxygens (including phenoxy) is 4. The highest BCUT2D eigenvalue weighted by Gasteiger charge is 2.37. The van der Waals surface area contributed by atoms with Gasteiger partial charge >= 0.3 is 0 Å². The van der Waals surface area contributed by atoms with E-state index in [1.165, 1.54) is 0 Å². The lowest BCUT2D eigenvalue weighted by Crippen LogP contribution is -2.56. The normalized spacial score (nSPS) is 18.3. The Balaban J connectivity index is 1.28. The zero-order chi connectivity index (χ0) is 25.8. The lowest BCUT2D eigenvalue weighted by atomic mass is 9.87. The van der Waals surface area contributed by atoms with Crippen molar-refractivity contribution >= 4 is 17.7 Å². The van der Waals surface area contributed by atoms with Gasteiger partial charge in [-0.25, -0.2) is 0 Å². The molecule has 2 fully saturated rings. The minimum absolute atomic E-state index is 0.0541. The van der Waals surface area contributed by atoms with Gasteiger partial charge in [0.25, 0.3) is 11.8 Å². The van der Waals surface area contributed by atoms with E-state index in [9.17, 15) is 14.4 Å². The van der Waals surface area contributed by atoms with Gasteiger partial charge in [0.2, 0.25) is 12.7 Å². The Kier molecular flexibility index (Phi) is 7.45. The minimum Gasteiger partial charge on any atom is -0.497 e. The average molecular weight is 510 g/mol. The van der Waals surface area contributed by atoms with Gasteiger partial charge in [-0.1, -0.05) is 0 Å². The number of fused-ring (bicyclic) bond motifs is 1. The van der Waals surface area contributed by atoms with Crippen molar-refractivity contribution in [1.29, 1.82) is 0 Å². The third kappa shape index (κ3) is 5.48. The van der Waals surface area contributed by atoms with E-state index in [2.05, 4.69) is 5.32 Å². The van der Waals surface area contributed by atoms with Crippen LogP contribution >= 0.6 is 0 Å². The fraction of sp³-hybridized carbons (Fsp3) is 0.444. The van der Waals surface area contributed by atoms with E-state index in [4.69, 9.17) is 18.9 Å². The molecular formula is C27H31N3O7. The van der Waals surface area contributed by atoms with E-state index in [-0.39, 0.29) is 30.4 Å². The van der Waals surface area contributed by atoms with Gasteiger partial charge in [0, 0.05) is 37.3 Å². The highest BCUT2D eigenvalue weighted by Crippen LogP contribution is 2.33. The van der Waals surface area contributed by atoms with Crippen LogP contribution in [0.3, 0.4) is 0 Å². The number of benzene rings is 2. The van der Waals surface area contributed by atoms with Crippen molar-refractivity contribution in [2.75, 3.05) is 53.3 Å². The Morgan fingerprint density at radius 1 is 0.892 bits per heavy atom. The van der Waals surface area contributed by atoms with Crippen LogP contribution in [-0.4, -0.2) is 86.9 Å². The fourth-order valence-corrected chi connectivity index (χ4v) is 4.98. The third-order valence-electron chi connectivity index (χ3n) is 7.15. The van der Waals surface area contributed by atoms with E-state index in [1.807, 2.05) is 0 Å². The summed E-state index contributed by atoms with van der Waals surface area (Å²) >= 11 is 0. The van der Waals surface area contributed by atoms with Gasteiger partial charge in [0.05, 0.1) is 20.3 Å². The van der Waals surface area contributed by atoms with Crippen LogP contribution in [-0.2, 0) is 9.53 Å². The van der Waals surface area contributed by atoms with E-state index < -0.39 is 6.04 Å². The summed E-state index contributed by atoms with van der Waals surface area (Å²) in [6.07, 6.45) is 1.20. The number of hydrogen-bond donors (Lipinski definition) is 1. The maximum atomic E-state index is 13.6. The first-order valence-electron chi connectivity index (χ1n) is 12.5. The first-order chi connectivity index (χ1) is 18.0. The molecule has 3 heterocycles. The SMILES string of the molecule is COc1ccc(C(=O)N2CCC(C(NC(=O)c3ccc4c(c3)OCO4)C(=O)N3CCOCC3)CC2)cc1. The van der Waals surface area contributed by atoms with Crippen LogP contribution in [0.4, 0.5) is 0 Å². The molecule has 0 saturated carbocycles. The number of piperidine rings is 1. The molecule has 1 N–H and O–H groups in total. The first kappa shape index (κ1) is 24.9. The maximum absolute atomic E-state index is 13.6. The smallest absolute Gasteiger partial charge is 0.253 e. The van der Waals surface area contributed by atoms with Crippen molar-refractivity contribution < 1.29 is 33.3 Å². The summed E-state index contributed by atoms with van der Waals surface area (Å²) in [5.74, 6) is 1.17. The number of rotatable bonds is 6. The molecule has 3 aliphatic rings. The molecule has 37 heavy (non-hydrogen) atoms. The molecule has 0 aliphatic carbocycles. The summed E-state index contributed by atoms with van der Waals surface area (Å²) in [7, 11) is 1.58. The van der Waals surface area contributed by atoms with Gasteiger partial charge in [-0.05, 0) is 61.2 Å². The molecule has 1 unspecified atom stereocenters. The van der Waals surface area contributed by atoms with Crippen LogP contribution < -0.4 is 19.5 Å². The topological polar surface area (TPSA) is 107 Å². The Hall–Kier alpha value is -3.79. The van der Waals surface area contributed by atoms with Crippen molar-refractivity contribution in [1.82, 2.24) is 15.1 Å². The van der Waals surface area contributed by atoms with Crippen molar-refractivity contribution in [2.24, 2.45) is 5.92 Å². The Bertz CT molecular complexity index is 1140. The first-order valence-corrected chi connectivity index (χ1v) is 12.5. The molecule has 2 aromatic carbocycles. The zero-order valence-corrected chi connectivity index (χ0v) is 20.8. The number of likely N-dealkylation sites (tertiary alicyclic amines) is 1. The number of carbonyl (C=O) groups is 3. The van der Waals surface area contributed by atoms with Gasteiger partial charge in [0.1, 0.15) is 11.8 Å². The molecule has 196 valence electrons. The summed E-state index contributed by atoms with van der Waals surface area (Å²) in [5, 5.41) is 3.00. The van der Waals surface area contributed by atoms with Crippen molar-refractivity contribution in [3.63, 3.8) is 0 Å². The monoisotopic (exact) mass is 509 g/mol. The van der Waals surface area contributed by atoms with E-state index in [0.29, 0.717) is 80.6 Å². The summed E-state index contributed by atoms with van der Waals surface area (Å²) in [6.45, 7) is 3.05. The predicted molar refractivity (Wildman–Crippen MR) is 133 cm³/mol. The second-order valence-corrected chi connectivity index (χ2v) is 9.31. The molecule has 5 rings (SSSR count). The van der Waals surface area contributed by atoms with Crippen LogP contribution in [0, 0.1) is 5.92 Å². The van der Waals surface area contributed by atoms with Crippen molar-refractivity contribution in [2.45, 2.75) is 18.9 Å². The highest BCUT2D eigenvalue weighted by atomic mass is 16.7. The summed E-state index contributed by atoms with van der Waals surface area (Å²) in [5.41, 5.74) is 0.993. The van der Waals surface area contributed by atoms with Gasteiger partial charge in [-0.3, -0.25) is 14.4 Å². The van der Waals surface area contributed by atoms with E-state index in [1.54, 1.807) is 59.4 Å². The number of nitrogens with zero attached hydrogens (tertiary/aromatic N) is 2. The number of carbonyl (C=O) groups excluding carboxylic acids is 3. The summed E-state index contributed by atoms with van der Waals surface area (Å²) in [4.78, 5) is 43.4. The number of hydrogen-bond acceptors (Lipinski definition) is 7. The number of morpholine rings is 1. The molecular weight excluding hydrogens is 478 g/mol. The Morgan fingerprint density at radius 3 is 2.27 bits per heavy atom. The quantitative estimate of drug-likeness (QED) is 0.634. The molecule has 0 radical (unpaired) electrons. The number of methoxy groups -OCH3 is 1. The molecule has 2 saturated heterocycles. The second kappa shape index (κ2) is 11.1. The van der Waals surface area contributed by atoms with Gasteiger partial charge < -0.3 is 34.1 Å². The van der Waals surface area contributed by atoms with Crippen LogP contribution in [0.15, 0.2) is 42.5 Å². The van der Waals surface area contributed by atoms with Crippen molar-refractivity contribution in [3.05, 3.63) is 53.6 Å². The molecule has 0 spiro atoms. The van der Waals surface area contributed by atoms with Crippen molar-refractivity contribution in [3.8, 4) is 17.2 Å². The second-order valence-electron chi connectivity index (χ2n) is 9.31. The van der Waals surface area contributed by atoms with Crippen LogP contribution in [0.1, 0.15) is 33.6 Å². The Labute approximate surface area is 215 Å². The lowest BCUT2D eigenvalue weighted by molar-refractivity contribution is -0.139. The predicted octanol–water partition coefficient (Wildman–Crippen LogP) is 1.93. The standard InChI is InChI=1S/C27H31N3O7/c1-34-21-5-2-19(3-6-21)26(32)29-10-8-18(9-11-29)24(27(33)30-12-14-35-15-13-30)28-25(31)20-4-7-22-23(16-20)37-17-36-22/h2-7,16,18,24H,8-15,17H2,1H3,(H,28,31). The summed E-state index contributed by atoms with van der Waals surface area (Å²) in [6, 6.07) is 11.3. The van der Waals surface area contributed by atoms with Gasteiger partial charge in [-0.2, -0.15) is 0 Å². The van der Waals surface area contributed by atoms with Crippen LogP contribution in [0.25, 0.3) is 0 Å². The lowest BCUT2D eigenvalue weighted by Gasteiger charge is -2.38. The Morgan fingerprint density at radius 2 is 1.57 bits per heavy atom. The third-order valence-corrected chi connectivity index (χ3v) is 7.15. The molecule has 1 atom stereocenters. The largest absolute Gasteiger partial charge is 0.497 e. The van der Waals surface area contributed by atoms with E-state index >= 15 is 0 Å². The van der Waals surface area contributed by atoms with Crippen LogP contribution in [0.2, 0.25) is 0 Å². The van der Waals surface area contributed by atoms with Gasteiger partial charge in [0.15, 0.2) is 11.5 Å². The number of amides is 3. The fourth-order valence-electron chi connectivity index (χ4n) is 4.98. The molecule has 0 bridgehead atoms. The number of nitrogens with one attached hydrogen (secondary N) is 1. The minimum atomic E-state index is -0.700.